The summed E-state index contributed by atoms with van der Waals surface area (Å²) in [7, 11) is 0. The first-order chi connectivity index (χ1) is 5.22. The first kappa shape index (κ1) is 10.2. The Morgan fingerprint density at radius 2 is 2.18 bits per heavy atom. The molecule has 0 saturated carbocycles. The molecule has 11 heavy (non-hydrogen) atoms. The van der Waals surface area contributed by atoms with Crippen LogP contribution in [0.2, 0.25) is 0 Å². The standard InChI is InChI=1S/C10H16O/c1-4-6-7-8-10(5-2)9(3)11/h2,10H,4,6-8H2,1,3H3/t10-/m1/s1. The lowest BCUT2D eigenvalue weighted by Crippen LogP contribution is -2.07. The van der Waals surface area contributed by atoms with Gasteiger partial charge >= 0.3 is 0 Å². The summed E-state index contributed by atoms with van der Waals surface area (Å²) < 4.78 is 0. The van der Waals surface area contributed by atoms with Crippen molar-refractivity contribution in [2.45, 2.75) is 39.5 Å². The Morgan fingerprint density at radius 3 is 2.55 bits per heavy atom. The molecule has 0 aromatic heterocycles. The number of hydrogen-bond acceptors (Lipinski definition) is 1. The summed E-state index contributed by atoms with van der Waals surface area (Å²) >= 11 is 0. The van der Waals surface area contributed by atoms with Crippen molar-refractivity contribution in [1.29, 1.82) is 0 Å². The summed E-state index contributed by atoms with van der Waals surface area (Å²) in [6.07, 6.45) is 9.47. The highest BCUT2D eigenvalue weighted by Gasteiger charge is 2.08. The maximum absolute atomic E-state index is 10.8. The van der Waals surface area contributed by atoms with Gasteiger partial charge in [0.25, 0.3) is 0 Å². The minimum Gasteiger partial charge on any atom is -0.299 e. The fraction of sp³-hybridized carbons (Fsp3) is 0.700. The number of carbonyl (C=O) groups is 1. The van der Waals surface area contributed by atoms with Gasteiger partial charge in [-0.05, 0) is 13.3 Å². The van der Waals surface area contributed by atoms with E-state index in [1.165, 1.54) is 12.8 Å². The van der Waals surface area contributed by atoms with Crippen LogP contribution in [0.4, 0.5) is 0 Å². The van der Waals surface area contributed by atoms with Gasteiger partial charge in [-0.3, -0.25) is 4.79 Å². The average molecular weight is 152 g/mol. The lowest BCUT2D eigenvalue weighted by molar-refractivity contribution is -0.119. The van der Waals surface area contributed by atoms with E-state index in [0.29, 0.717) is 0 Å². The molecule has 62 valence electrons. The molecular weight excluding hydrogens is 136 g/mol. The Kier molecular flexibility index (Phi) is 5.56. The molecular formula is C10H16O. The van der Waals surface area contributed by atoms with Crippen LogP contribution in [0, 0.1) is 18.3 Å². The van der Waals surface area contributed by atoms with Crippen LogP contribution in [0.5, 0.6) is 0 Å². The van der Waals surface area contributed by atoms with Crippen LogP contribution in [0.15, 0.2) is 0 Å². The lowest BCUT2D eigenvalue weighted by Gasteiger charge is -2.04. The van der Waals surface area contributed by atoms with Crippen LogP contribution in [0.25, 0.3) is 0 Å². The molecule has 0 aliphatic carbocycles. The summed E-state index contributed by atoms with van der Waals surface area (Å²) in [6, 6.07) is 0. The minimum absolute atomic E-state index is 0.128. The van der Waals surface area contributed by atoms with Crippen LogP contribution in [0.1, 0.15) is 39.5 Å². The Hall–Kier alpha value is -0.770. The van der Waals surface area contributed by atoms with Gasteiger partial charge in [-0.1, -0.05) is 32.1 Å². The van der Waals surface area contributed by atoms with Crippen LogP contribution < -0.4 is 0 Å². The molecule has 0 fully saturated rings. The maximum Gasteiger partial charge on any atom is 0.144 e. The number of carbonyl (C=O) groups excluding carboxylic acids is 1. The van der Waals surface area contributed by atoms with E-state index in [-0.39, 0.29) is 11.7 Å². The van der Waals surface area contributed by atoms with Gasteiger partial charge in [-0.15, -0.1) is 6.42 Å². The molecule has 0 spiro atoms. The van der Waals surface area contributed by atoms with Gasteiger partial charge in [0.1, 0.15) is 5.78 Å². The largest absolute Gasteiger partial charge is 0.299 e. The number of Topliss-reactive ketones (excluding diaryl/α,β-unsaturated/α-hetero) is 1. The van der Waals surface area contributed by atoms with Gasteiger partial charge < -0.3 is 0 Å². The Labute approximate surface area is 69.2 Å². The Morgan fingerprint density at radius 1 is 1.55 bits per heavy atom. The zero-order valence-electron chi connectivity index (χ0n) is 7.39. The van der Waals surface area contributed by atoms with Crippen molar-refractivity contribution in [2.24, 2.45) is 5.92 Å². The fourth-order valence-corrected chi connectivity index (χ4v) is 1.00. The monoisotopic (exact) mass is 152 g/mol. The fourth-order valence-electron chi connectivity index (χ4n) is 1.00. The quantitative estimate of drug-likeness (QED) is 0.436. The number of hydrogen-bond donors (Lipinski definition) is 0. The summed E-state index contributed by atoms with van der Waals surface area (Å²) in [6.45, 7) is 3.70. The van der Waals surface area contributed by atoms with Crippen molar-refractivity contribution in [3.63, 3.8) is 0 Å². The number of terminal acetylenes is 1. The molecule has 0 amide bonds. The first-order valence-corrected chi connectivity index (χ1v) is 4.19. The second kappa shape index (κ2) is 5.97. The van der Waals surface area contributed by atoms with E-state index in [2.05, 4.69) is 12.8 Å². The molecule has 0 radical (unpaired) electrons. The first-order valence-electron chi connectivity index (χ1n) is 4.19. The van der Waals surface area contributed by atoms with Crippen molar-refractivity contribution in [3.05, 3.63) is 0 Å². The van der Waals surface area contributed by atoms with Crippen LogP contribution in [0.3, 0.4) is 0 Å². The molecule has 0 aliphatic heterocycles. The van der Waals surface area contributed by atoms with Crippen LogP contribution in [-0.4, -0.2) is 5.78 Å². The van der Waals surface area contributed by atoms with Gasteiger partial charge in [-0.25, -0.2) is 0 Å². The molecule has 0 aliphatic rings. The van der Waals surface area contributed by atoms with Gasteiger partial charge in [0.15, 0.2) is 0 Å². The Bertz CT molecular complexity index is 153. The van der Waals surface area contributed by atoms with E-state index in [4.69, 9.17) is 6.42 Å². The molecule has 0 aromatic carbocycles. The average Bonchev–Trinajstić information content (AvgIpc) is 1.97. The predicted molar refractivity (Wildman–Crippen MR) is 47.1 cm³/mol. The molecule has 0 saturated heterocycles. The smallest absolute Gasteiger partial charge is 0.144 e. The van der Waals surface area contributed by atoms with E-state index in [0.717, 1.165) is 12.8 Å². The number of rotatable bonds is 5. The Balaban J connectivity index is 3.55. The van der Waals surface area contributed by atoms with Gasteiger partial charge in [-0.2, -0.15) is 0 Å². The second-order valence-electron chi connectivity index (χ2n) is 2.83. The summed E-state index contributed by atoms with van der Waals surface area (Å²) in [5.41, 5.74) is 0. The zero-order valence-corrected chi connectivity index (χ0v) is 7.39. The van der Waals surface area contributed by atoms with Gasteiger partial charge in [0.05, 0.1) is 5.92 Å². The highest BCUT2D eigenvalue weighted by molar-refractivity contribution is 5.80. The minimum atomic E-state index is -0.137. The van der Waals surface area contributed by atoms with E-state index in [1.807, 2.05) is 0 Å². The lowest BCUT2D eigenvalue weighted by atomic mass is 9.99. The molecule has 0 N–H and O–H groups in total. The van der Waals surface area contributed by atoms with Crippen molar-refractivity contribution < 1.29 is 4.79 Å². The van der Waals surface area contributed by atoms with E-state index < -0.39 is 0 Å². The number of unbranched alkanes of at least 4 members (excludes halogenated alkanes) is 2. The molecule has 1 atom stereocenters. The molecule has 0 bridgehead atoms. The van der Waals surface area contributed by atoms with Crippen molar-refractivity contribution in [2.75, 3.05) is 0 Å². The SMILES string of the molecule is C#C[C@H](CCCCC)C(C)=O. The molecule has 0 heterocycles. The summed E-state index contributed by atoms with van der Waals surface area (Å²) in [5.74, 6) is 2.50. The van der Waals surface area contributed by atoms with Crippen molar-refractivity contribution in [1.82, 2.24) is 0 Å². The molecule has 0 unspecified atom stereocenters. The third-order valence-electron chi connectivity index (χ3n) is 1.79. The third-order valence-corrected chi connectivity index (χ3v) is 1.79. The maximum atomic E-state index is 10.8. The summed E-state index contributed by atoms with van der Waals surface area (Å²) in [5, 5.41) is 0. The summed E-state index contributed by atoms with van der Waals surface area (Å²) in [4.78, 5) is 10.8. The predicted octanol–water partition coefficient (Wildman–Crippen LogP) is 2.41. The molecule has 1 heteroatoms. The van der Waals surface area contributed by atoms with Crippen molar-refractivity contribution in [3.8, 4) is 12.3 Å². The second-order valence-corrected chi connectivity index (χ2v) is 2.83. The molecule has 0 rings (SSSR count). The molecule has 1 nitrogen and oxygen atoms in total. The van der Waals surface area contributed by atoms with E-state index in [9.17, 15) is 4.79 Å². The van der Waals surface area contributed by atoms with Gasteiger partial charge in [0, 0.05) is 0 Å². The van der Waals surface area contributed by atoms with Crippen molar-refractivity contribution >= 4 is 5.78 Å². The highest BCUT2D eigenvalue weighted by atomic mass is 16.1. The topological polar surface area (TPSA) is 17.1 Å². The van der Waals surface area contributed by atoms with Gasteiger partial charge in [0.2, 0.25) is 0 Å². The zero-order chi connectivity index (χ0) is 8.69. The third kappa shape index (κ3) is 4.61. The van der Waals surface area contributed by atoms with E-state index >= 15 is 0 Å². The highest BCUT2D eigenvalue weighted by Crippen LogP contribution is 2.09. The van der Waals surface area contributed by atoms with E-state index in [1.54, 1.807) is 6.92 Å². The number of ketones is 1. The van der Waals surface area contributed by atoms with Crippen LogP contribution in [-0.2, 0) is 4.79 Å². The van der Waals surface area contributed by atoms with Crippen LogP contribution >= 0.6 is 0 Å². The molecule has 0 aromatic rings. The normalized spacial score (nSPS) is 12.1.